The monoisotopic (exact) mass is 375 g/mol. The molecule has 0 spiro atoms. The van der Waals surface area contributed by atoms with E-state index in [1.807, 2.05) is 6.92 Å². The SMILES string of the molecule is Cc1ccc(S(=O)(=O)NC2CCC(C(=O)O)CC2)cc1Br. The van der Waals surface area contributed by atoms with E-state index in [1.54, 1.807) is 18.2 Å². The fourth-order valence-electron chi connectivity index (χ4n) is 2.49. The third-order valence-electron chi connectivity index (χ3n) is 3.85. The van der Waals surface area contributed by atoms with Crippen LogP contribution in [-0.2, 0) is 14.8 Å². The van der Waals surface area contributed by atoms with Crippen molar-refractivity contribution in [3.05, 3.63) is 28.2 Å². The van der Waals surface area contributed by atoms with E-state index in [1.165, 1.54) is 0 Å². The second kappa shape index (κ2) is 6.46. The summed E-state index contributed by atoms with van der Waals surface area (Å²) < 4.78 is 28.1. The Bertz CT molecular complexity index is 636. The van der Waals surface area contributed by atoms with Crippen molar-refractivity contribution in [3.8, 4) is 0 Å². The van der Waals surface area contributed by atoms with Gasteiger partial charge in [0.1, 0.15) is 0 Å². The number of carboxylic acids is 1. The third-order valence-corrected chi connectivity index (χ3v) is 6.22. The molecule has 0 amide bonds. The number of sulfonamides is 1. The summed E-state index contributed by atoms with van der Waals surface area (Å²) in [7, 11) is -3.56. The van der Waals surface area contributed by atoms with Crippen LogP contribution in [0.4, 0.5) is 0 Å². The fraction of sp³-hybridized carbons (Fsp3) is 0.500. The van der Waals surface area contributed by atoms with Gasteiger partial charge in [-0.2, -0.15) is 0 Å². The van der Waals surface area contributed by atoms with Crippen LogP contribution < -0.4 is 4.72 Å². The normalized spacial score (nSPS) is 23.0. The molecule has 0 saturated heterocycles. The third kappa shape index (κ3) is 4.05. The smallest absolute Gasteiger partial charge is 0.306 e. The largest absolute Gasteiger partial charge is 0.481 e. The number of carboxylic acid groups (broad SMARTS) is 1. The Morgan fingerprint density at radius 1 is 1.29 bits per heavy atom. The van der Waals surface area contributed by atoms with Gasteiger partial charge in [-0.25, -0.2) is 13.1 Å². The van der Waals surface area contributed by atoms with Gasteiger partial charge < -0.3 is 5.11 Å². The van der Waals surface area contributed by atoms with Crippen molar-refractivity contribution in [2.24, 2.45) is 5.92 Å². The quantitative estimate of drug-likeness (QED) is 0.847. The molecule has 0 atom stereocenters. The Hall–Kier alpha value is -0.920. The number of halogens is 1. The van der Waals surface area contributed by atoms with Crippen molar-refractivity contribution >= 4 is 31.9 Å². The number of hydrogen-bond acceptors (Lipinski definition) is 3. The topological polar surface area (TPSA) is 83.5 Å². The van der Waals surface area contributed by atoms with Crippen molar-refractivity contribution in [1.82, 2.24) is 4.72 Å². The van der Waals surface area contributed by atoms with Crippen molar-refractivity contribution in [3.63, 3.8) is 0 Å². The predicted molar refractivity (Wildman–Crippen MR) is 82.6 cm³/mol. The van der Waals surface area contributed by atoms with E-state index in [0.717, 1.165) is 10.0 Å². The van der Waals surface area contributed by atoms with Gasteiger partial charge in [-0.05, 0) is 50.3 Å². The van der Waals surface area contributed by atoms with E-state index in [9.17, 15) is 13.2 Å². The molecular weight excluding hydrogens is 358 g/mol. The minimum absolute atomic E-state index is 0.189. The lowest BCUT2D eigenvalue weighted by Gasteiger charge is -2.26. The van der Waals surface area contributed by atoms with Crippen LogP contribution in [0.1, 0.15) is 31.2 Å². The second-order valence-corrected chi connectivity index (χ2v) is 7.99. The van der Waals surface area contributed by atoms with Crippen molar-refractivity contribution in [2.45, 2.75) is 43.5 Å². The molecule has 1 aliphatic carbocycles. The van der Waals surface area contributed by atoms with E-state index in [4.69, 9.17) is 5.11 Å². The Labute approximate surface area is 132 Å². The number of nitrogens with one attached hydrogen (secondary N) is 1. The minimum Gasteiger partial charge on any atom is -0.481 e. The molecule has 0 aromatic heterocycles. The molecular formula is C14H18BrNO4S. The minimum atomic E-state index is -3.56. The maximum Gasteiger partial charge on any atom is 0.306 e. The molecule has 116 valence electrons. The summed E-state index contributed by atoms with van der Waals surface area (Å²) in [6.45, 7) is 1.89. The van der Waals surface area contributed by atoms with Crippen LogP contribution in [0.2, 0.25) is 0 Å². The van der Waals surface area contributed by atoms with Gasteiger partial charge >= 0.3 is 5.97 Å². The standard InChI is InChI=1S/C14H18BrNO4S/c1-9-2-7-12(8-13(9)15)21(19,20)16-11-5-3-10(4-6-11)14(17)18/h2,7-8,10-11,16H,3-6H2,1H3,(H,17,18). The number of carbonyl (C=O) groups is 1. The molecule has 1 aromatic rings. The molecule has 1 aliphatic rings. The van der Waals surface area contributed by atoms with Crippen LogP contribution in [0.5, 0.6) is 0 Å². The highest BCUT2D eigenvalue weighted by molar-refractivity contribution is 9.10. The molecule has 5 nitrogen and oxygen atoms in total. The van der Waals surface area contributed by atoms with Crippen LogP contribution >= 0.6 is 15.9 Å². The lowest BCUT2D eigenvalue weighted by atomic mass is 9.87. The number of rotatable bonds is 4. The first kappa shape index (κ1) is 16.5. The average Bonchev–Trinajstić information content (AvgIpc) is 2.42. The number of hydrogen-bond donors (Lipinski definition) is 2. The zero-order chi connectivity index (χ0) is 15.6. The predicted octanol–water partition coefficient (Wildman–Crippen LogP) is 2.68. The Morgan fingerprint density at radius 3 is 2.43 bits per heavy atom. The van der Waals surface area contributed by atoms with E-state index in [2.05, 4.69) is 20.7 Å². The summed E-state index contributed by atoms with van der Waals surface area (Å²) >= 11 is 3.33. The summed E-state index contributed by atoms with van der Waals surface area (Å²) in [6, 6.07) is 4.72. The number of aliphatic carboxylic acids is 1. The first-order valence-corrected chi connectivity index (χ1v) is 9.08. The van der Waals surface area contributed by atoms with Gasteiger partial charge in [-0.15, -0.1) is 0 Å². The molecule has 0 unspecified atom stereocenters. The van der Waals surface area contributed by atoms with Gasteiger partial charge in [0.2, 0.25) is 10.0 Å². The van der Waals surface area contributed by atoms with Gasteiger partial charge in [0, 0.05) is 10.5 Å². The fourth-order valence-corrected chi connectivity index (χ4v) is 4.35. The summed E-state index contributed by atoms with van der Waals surface area (Å²) in [5.41, 5.74) is 0.968. The molecule has 1 saturated carbocycles. The summed E-state index contributed by atoms with van der Waals surface area (Å²) in [5.74, 6) is -1.14. The molecule has 0 radical (unpaired) electrons. The van der Waals surface area contributed by atoms with E-state index < -0.39 is 16.0 Å². The molecule has 21 heavy (non-hydrogen) atoms. The highest BCUT2D eigenvalue weighted by atomic mass is 79.9. The summed E-state index contributed by atoms with van der Waals surface area (Å²) in [5, 5.41) is 8.95. The molecule has 0 bridgehead atoms. The molecule has 1 fully saturated rings. The highest BCUT2D eigenvalue weighted by Gasteiger charge is 2.28. The first-order valence-electron chi connectivity index (χ1n) is 6.81. The van der Waals surface area contributed by atoms with Crippen LogP contribution in [0.15, 0.2) is 27.6 Å². The van der Waals surface area contributed by atoms with Crippen LogP contribution in [0.3, 0.4) is 0 Å². The first-order chi connectivity index (χ1) is 9.79. The van der Waals surface area contributed by atoms with Crippen LogP contribution in [-0.4, -0.2) is 25.5 Å². The zero-order valence-electron chi connectivity index (χ0n) is 11.7. The van der Waals surface area contributed by atoms with Gasteiger partial charge in [0.15, 0.2) is 0 Å². The number of benzene rings is 1. The Morgan fingerprint density at radius 2 is 1.90 bits per heavy atom. The summed E-state index contributed by atoms with van der Waals surface area (Å²) in [6.07, 6.45) is 2.15. The van der Waals surface area contributed by atoms with E-state index in [0.29, 0.717) is 25.7 Å². The molecule has 7 heteroatoms. The van der Waals surface area contributed by atoms with Crippen LogP contribution in [0, 0.1) is 12.8 Å². The molecule has 1 aromatic carbocycles. The van der Waals surface area contributed by atoms with Crippen molar-refractivity contribution in [2.75, 3.05) is 0 Å². The lowest BCUT2D eigenvalue weighted by Crippen LogP contribution is -2.38. The maximum atomic E-state index is 12.3. The number of aryl methyl sites for hydroxylation is 1. The van der Waals surface area contributed by atoms with Crippen molar-refractivity contribution in [1.29, 1.82) is 0 Å². The Balaban J connectivity index is 2.05. The average molecular weight is 376 g/mol. The second-order valence-electron chi connectivity index (χ2n) is 5.42. The Kier molecular flexibility index (Phi) is 5.06. The lowest BCUT2D eigenvalue weighted by molar-refractivity contribution is -0.142. The molecule has 0 heterocycles. The van der Waals surface area contributed by atoms with Gasteiger partial charge in [-0.1, -0.05) is 22.0 Å². The molecule has 0 aliphatic heterocycles. The molecule has 2 rings (SSSR count). The highest BCUT2D eigenvalue weighted by Crippen LogP contribution is 2.26. The van der Waals surface area contributed by atoms with Gasteiger partial charge in [0.05, 0.1) is 10.8 Å². The summed E-state index contributed by atoms with van der Waals surface area (Å²) in [4.78, 5) is 11.1. The molecule has 2 N–H and O–H groups in total. The van der Waals surface area contributed by atoms with E-state index in [-0.39, 0.29) is 16.9 Å². The van der Waals surface area contributed by atoms with Gasteiger partial charge in [0.25, 0.3) is 0 Å². The zero-order valence-corrected chi connectivity index (χ0v) is 14.1. The van der Waals surface area contributed by atoms with Gasteiger partial charge in [-0.3, -0.25) is 4.79 Å². The van der Waals surface area contributed by atoms with E-state index >= 15 is 0 Å². The van der Waals surface area contributed by atoms with Crippen LogP contribution in [0.25, 0.3) is 0 Å². The van der Waals surface area contributed by atoms with Crippen molar-refractivity contribution < 1.29 is 18.3 Å². The maximum absolute atomic E-state index is 12.3.